The molecule has 162 valence electrons. The lowest BCUT2D eigenvalue weighted by molar-refractivity contribution is -0.0263. The Morgan fingerprint density at radius 2 is 1.97 bits per heavy atom. The second-order valence-corrected chi connectivity index (χ2v) is 11.1. The number of hydrogen-bond acceptors (Lipinski definition) is 4. The molecule has 2 heterocycles. The minimum Gasteiger partial charge on any atom is -0.345 e. The minimum atomic E-state index is -3.77. The number of fused-ring (bicyclic) bond motifs is 5. The van der Waals surface area contributed by atoms with Crippen LogP contribution in [0.15, 0.2) is 47.6 Å². The highest BCUT2D eigenvalue weighted by atomic mass is 32.2. The van der Waals surface area contributed by atoms with E-state index in [1.807, 2.05) is 29.2 Å². The number of nitrogens with one attached hydrogen (secondary N) is 1. The highest BCUT2D eigenvalue weighted by Gasteiger charge is 2.57. The molecule has 5 rings (SSSR count). The largest absolute Gasteiger partial charge is 0.345 e. The van der Waals surface area contributed by atoms with Gasteiger partial charge in [-0.3, -0.25) is 4.79 Å². The van der Waals surface area contributed by atoms with Crippen LogP contribution in [0, 0.1) is 5.41 Å². The molecule has 3 N–H and O–H groups in total. The van der Waals surface area contributed by atoms with Gasteiger partial charge in [0, 0.05) is 23.6 Å². The summed E-state index contributed by atoms with van der Waals surface area (Å²) in [6, 6.07) is 10.7. The molecule has 7 nitrogen and oxygen atoms in total. The molecule has 1 aromatic heterocycles. The van der Waals surface area contributed by atoms with Crippen molar-refractivity contribution in [1.82, 2.24) is 14.9 Å². The zero-order valence-corrected chi connectivity index (χ0v) is 18.7. The minimum absolute atomic E-state index is 0.00375. The number of carbonyl (C=O) groups excluding carboxylic acids is 1. The molecule has 0 radical (unpaired) electrons. The first-order valence-corrected chi connectivity index (χ1v) is 12.0. The van der Waals surface area contributed by atoms with Crippen molar-refractivity contribution in [3.63, 3.8) is 0 Å². The second kappa shape index (κ2) is 6.40. The average Bonchev–Trinajstić information content (AvgIpc) is 3.17. The Morgan fingerprint density at radius 3 is 2.71 bits per heavy atom. The van der Waals surface area contributed by atoms with Gasteiger partial charge in [-0.05, 0) is 59.7 Å². The van der Waals surface area contributed by atoms with E-state index in [1.165, 1.54) is 0 Å². The molecule has 1 aliphatic heterocycles. The molecular formula is C23H26N4O3S. The van der Waals surface area contributed by atoms with Crippen LogP contribution >= 0.6 is 0 Å². The number of hydrogen-bond donors (Lipinski definition) is 2. The van der Waals surface area contributed by atoms with Crippen molar-refractivity contribution >= 4 is 27.0 Å². The van der Waals surface area contributed by atoms with E-state index in [1.54, 1.807) is 18.5 Å². The topological polar surface area (TPSA) is 109 Å². The zero-order chi connectivity index (χ0) is 22.2. The smallest absolute Gasteiger partial charge is 0.254 e. The normalized spacial score (nSPS) is 24.8. The van der Waals surface area contributed by atoms with E-state index >= 15 is 0 Å². The number of nitrogens with two attached hydrogens (primary N) is 1. The van der Waals surface area contributed by atoms with Crippen LogP contribution in [0.5, 0.6) is 0 Å². The first-order chi connectivity index (χ1) is 14.5. The van der Waals surface area contributed by atoms with E-state index < -0.39 is 10.0 Å². The van der Waals surface area contributed by atoms with E-state index in [4.69, 9.17) is 5.14 Å². The van der Waals surface area contributed by atoms with E-state index in [0.29, 0.717) is 18.5 Å². The van der Waals surface area contributed by atoms with Gasteiger partial charge in [-0.1, -0.05) is 26.8 Å². The highest BCUT2D eigenvalue weighted by Crippen LogP contribution is 2.56. The number of aromatic amines is 1. The Kier molecular flexibility index (Phi) is 4.17. The van der Waals surface area contributed by atoms with E-state index in [9.17, 15) is 13.2 Å². The summed E-state index contributed by atoms with van der Waals surface area (Å²) < 4.78 is 23.9. The molecule has 1 fully saturated rings. The number of carbonyl (C=O) groups is 1. The molecule has 1 unspecified atom stereocenters. The molecule has 2 bridgehead atoms. The number of nitrogens with zero attached hydrogens (tertiary/aromatic N) is 2. The third-order valence-corrected chi connectivity index (χ3v) is 8.74. The number of amides is 1. The fraction of sp³-hybridized carbons (Fsp3) is 0.391. The predicted octanol–water partition coefficient (Wildman–Crippen LogP) is 2.97. The van der Waals surface area contributed by atoms with Gasteiger partial charge >= 0.3 is 0 Å². The molecule has 0 spiro atoms. The van der Waals surface area contributed by atoms with E-state index in [2.05, 4.69) is 30.7 Å². The van der Waals surface area contributed by atoms with Crippen molar-refractivity contribution in [2.45, 2.75) is 50.0 Å². The molecule has 1 amide bonds. The van der Waals surface area contributed by atoms with Crippen molar-refractivity contribution < 1.29 is 13.2 Å². The van der Waals surface area contributed by atoms with Crippen molar-refractivity contribution in [3.05, 3.63) is 59.4 Å². The Balaban J connectivity index is 1.57. The summed E-state index contributed by atoms with van der Waals surface area (Å²) in [5.74, 6) is 0.0150. The number of imidazole rings is 1. The maximum atomic E-state index is 13.6. The van der Waals surface area contributed by atoms with Gasteiger partial charge in [-0.2, -0.15) is 0 Å². The van der Waals surface area contributed by atoms with Gasteiger partial charge < -0.3 is 9.88 Å². The average molecular weight is 439 g/mol. The second-order valence-electron chi connectivity index (χ2n) is 9.52. The lowest BCUT2D eigenvalue weighted by Crippen LogP contribution is -2.64. The van der Waals surface area contributed by atoms with Crippen LogP contribution in [-0.4, -0.2) is 41.8 Å². The number of rotatable bonds is 2. The van der Waals surface area contributed by atoms with Crippen LogP contribution in [-0.2, 0) is 21.9 Å². The maximum absolute atomic E-state index is 13.6. The molecule has 2 aromatic carbocycles. The first kappa shape index (κ1) is 20.2. The molecule has 1 saturated heterocycles. The van der Waals surface area contributed by atoms with Crippen LogP contribution < -0.4 is 5.14 Å². The Hall–Kier alpha value is -2.71. The Labute approximate surface area is 181 Å². The predicted molar refractivity (Wildman–Crippen MR) is 118 cm³/mol. The summed E-state index contributed by atoms with van der Waals surface area (Å²) in [4.78, 5) is 23.0. The summed E-state index contributed by atoms with van der Waals surface area (Å²) in [5, 5.41) is 5.40. The highest BCUT2D eigenvalue weighted by molar-refractivity contribution is 7.89. The van der Waals surface area contributed by atoms with Crippen molar-refractivity contribution in [1.29, 1.82) is 0 Å². The van der Waals surface area contributed by atoms with Crippen molar-refractivity contribution in [2.75, 3.05) is 6.54 Å². The van der Waals surface area contributed by atoms with Gasteiger partial charge in [-0.15, -0.1) is 0 Å². The molecule has 8 heteroatoms. The number of sulfonamides is 1. The van der Waals surface area contributed by atoms with Gasteiger partial charge in [0.25, 0.3) is 5.91 Å². The van der Waals surface area contributed by atoms with Crippen LogP contribution in [0.2, 0.25) is 0 Å². The van der Waals surface area contributed by atoms with Gasteiger partial charge in [0.1, 0.15) is 0 Å². The third-order valence-electron chi connectivity index (χ3n) is 7.83. The quantitative estimate of drug-likeness (QED) is 0.641. The fourth-order valence-corrected chi connectivity index (χ4v) is 6.08. The number of primary sulfonamides is 1. The monoisotopic (exact) mass is 438 g/mol. The Morgan fingerprint density at radius 1 is 1.19 bits per heavy atom. The number of benzene rings is 2. The summed E-state index contributed by atoms with van der Waals surface area (Å²) in [6.45, 7) is 7.16. The zero-order valence-electron chi connectivity index (χ0n) is 17.8. The van der Waals surface area contributed by atoms with Gasteiger partial charge in [0.15, 0.2) is 0 Å². The molecule has 1 aliphatic carbocycles. The lowest BCUT2D eigenvalue weighted by Gasteiger charge is -2.60. The SMILES string of the molecule is CC1(C)C2Cc3ccc(S(N)(=O)=O)cc3[C@]1(C)CCN2C(=O)c1ccc2nc[nH]c2c1. The molecular weight excluding hydrogens is 412 g/mol. The van der Waals surface area contributed by atoms with Gasteiger partial charge in [-0.25, -0.2) is 18.5 Å². The van der Waals surface area contributed by atoms with Gasteiger partial charge in [0.05, 0.1) is 22.3 Å². The van der Waals surface area contributed by atoms with Crippen LogP contribution in [0.25, 0.3) is 11.0 Å². The van der Waals surface area contributed by atoms with Crippen molar-refractivity contribution in [2.24, 2.45) is 10.6 Å². The maximum Gasteiger partial charge on any atom is 0.254 e. The van der Waals surface area contributed by atoms with Gasteiger partial charge in [0.2, 0.25) is 10.0 Å². The Bertz CT molecular complexity index is 1330. The van der Waals surface area contributed by atoms with Crippen molar-refractivity contribution in [3.8, 4) is 0 Å². The van der Waals surface area contributed by atoms with E-state index in [0.717, 1.165) is 28.6 Å². The number of likely N-dealkylation sites (tertiary alicyclic amines) is 1. The first-order valence-electron chi connectivity index (χ1n) is 10.4. The van der Waals surface area contributed by atoms with Crippen LogP contribution in [0.4, 0.5) is 0 Å². The third kappa shape index (κ3) is 2.85. The van der Waals surface area contributed by atoms with Crippen LogP contribution in [0.1, 0.15) is 48.7 Å². The molecule has 2 atom stereocenters. The molecule has 3 aromatic rings. The summed E-state index contributed by atoms with van der Waals surface area (Å²) in [7, 11) is -3.77. The standard InChI is InChI=1S/C23H26N4O3S/c1-22(2)20-11-14-4-6-16(31(24,29)30)12-17(14)23(22,3)8-9-27(20)21(28)15-5-7-18-19(10-15)26-13-25-18/h4-7,10,12-13,20H,8-9,11H2,1-3H3,(H,25,26)(H2,24,29,30)/t20?,23-/m0/s1. The van der Waals surface area contributed by atoms with E-state index in [-0.39, 0.29) is 27.7 Å². The summed E-state index contributed by atoms with van der Waals surface area (Å²) in [6.07, 6.45) is 3.05. The summed E-state index contributed by atoms with van der Waals surface area (Å²) >= 11 is 0. The number of H-pyrrole nitrogens is 1. The fourth-order valence-electron chi connectivity index (χ4n) is 5.54. The number of piperidine rings is 1. The number of aromatic nitrogens is 2. The molecule has 2 aliphatic rings. The van der Waals surface area contributed by atoms with Crippen LogP contribution in [0.3, 0.4) is 0 Å². The lowest BCUT2D eigenvalue weighted by atomic mass is 9.51. The molecule has 0 saturated carbocycles. The molecule has 31 heavy (non-hydrogen) atoms. The summed E-state index contributed by atoms with van der Waals surface area (Å²) in [5.41, 5.74) is 3.93.